The molecule has 0 saturated carbocycles. The highest BCUT2D eigenvalue weighted by Gasteiger charge is 2.65. The van der Waals surface area contributed by atoms with Gasteiger partial charge >= 0.3 is 17.9 Å². The number of non-ortho nitro benzene ring substituents is 1. The van der Waals surface area contributed by atoms with E-state index in [1.807, 2.05) is 35.0 Å². The topological polar surface area (TPSA) is 192 Å². The van der Waals surface area contributed by atoms with E-state index < -0.39 is 57.7 Å². The molecule has 252 valence electrons. The monoisotopic (exact) mass is 658 g/mol. The number of nitrogens with zero attached hydrogens (tertiary/aromatic N) is 5. The lowest BCUT2D eigenvalue weighted by atomic mass is 9.51. The zero-order valence-corrected chi connectivity index (χ0v) is 26.8. The minimum atomic E-state index is -1.82. The number of nitrogens with one attached hydrogen (secondary N) is 1. The molecular formula is C34H38N6O8. The number of benzene rings is 2. The number of aliphatic carboxylic acids is 2. The highest BCUT2D eigenvalue weighted by Crippen LogP contribution is 2.57. The van der Waals surface area contributed by atoms with Crippen molar-refractivity contribution < 1.29 is 34.3 Å². The van der Waals surface area contributed by atoms with Gasteiger partial charge in [-0.25, -0.2) is 9.97 Å². The first-order valence-electron chi connectivity index (χ1n) is 15.5. The second kappa shape index (κ2) is 13.8. The van der Waals surface area contributed by atoms with Gasteiger partial charge in [0, 0.05) is 61.5 Å². The number of carbonyl (C=O) groups excluding carboxylic acids is 1. The summed E-state index contributed by atoms with van der Waals surface area (Å²) in [6.07, 6.45) is 9.92. The van der Waals surface area contributed by atoms with Crippen molar-refractivity contribution in [2.45, 2.75) is 64.2 Å². The summed E-state index contributed by atoms with van der Waals surface area (Å²) in [6.45, 7) is 5.05. The number of hydrogen-bond donors (Lipinski definition) is 3. The maximum atomic E-state index is 13.4. The van der Waals surface area contributed by atoms with E-state index >= 15 is 0 Å². The van der Waals surface area contributed by atoms with E-state index in [1.54, 1.807) is 49.7 Å². The number of imidazole rings is 2. The molecule has 48 heavy (non-hydrogen) atoms. The number of carboxylic acid groups (broad SMARTS) is 2. The third kappa shape index (κ3) is 6.43. The molecule has 5 rings (SSSR count). The minimum absolute atomic E-state index is 0.0801. The highest BCUT2D eigenvalue weighted by atomic mass is 16.6. The standard InChI is InChI=1S/C34H38N6O8/c1-22-33(3,31(42)43)30(26-5-4-6-27(17-26)40(46)47)34(32(44)45,23(2)37-22)11-16-48-29(41)18-28(39-15-13-36-21-39)25-9-7-24(8-10-25)19-38-14-12-35-20-38/h4-10,12-15,17,20-23,28,30,37H,11,16,18-19H2,1-3H3,(H,42,43)(H,44,45). The Balaban J connectivity index is 1.39. The number of piperidine rings is 1. The van der Waals surface area contributed by atoms with E-state index in [2.05, 4.69) is 15.3 Å². The van der Waals surface area contributed by atoms with Crippen molar-refractivity contribution in [1.82, 2.24) is 24.4 Å². The van der Waals surface area contributed by atoms with Gasteiger partial charge in [0.1, 0.15) is 0 Å². The van der Waals surface area contributed by atoms with Gasteiger partial charge in [-0.3, -0.25) is 24.5 Å². The van der Waals surface area contributed by atoms with Crippen LogP contribution < -0.4 is 5.32 Å². The zero-order chi connectivity index (χ0) is 34.6. The summed E-state index contributed by atoms with van der Waals surface area (Å²) in [5, 5.41) is 36.1. The van der Waals surface area contributed by atoms with Crippen molar-refractivity contribution >= 4 is 23.6 Å². The van der Waals surface area contributed by atoms with Gasteiger partial charge in [0.2, 0.25) is 0 Å². The molecule has 6 atom stereocenters. The molecule has 1 saturated heterocycles. The second-order valence-corrected chi connectivity index (χ2v) is 12.5. The summed E-state index contributed by atoms with van der Waals surface area (Å²) in [7, 11) is 0. The predicted molar refractivity (Wildman–Crippen MR) is 172 cm³/mol. The molecule has 0 spiro atoms. The lowest BCUT2D eigenvalue weighted by molar-refractivity contribution is -0.385. The molecule has 1 aliphatic heterocycles. The third-order valence-electron chi connectivity index (χ3n) is 9.87. The smallest absolute Gasteiger partial charge is 0.312 e. The van der Waals surface area contributed by atoms with Crippen molar-refractivity contribution in [2.24, 2.45) is 10.8 Å². The quantitative estimate of drug-likeness (QED) is 0.106. The van der Waals surface area contributed by atoms with Gasteiger partial charge < -0.3 is 29.4 Å². The van der Waals surface area contributed by atoms with Crippen LogP contribution in [0.15, 0.2) is 86.0 Å². The number of aromatic nitrogens is 4. The van der Waals surface area contributed by atoms with Crippen LogP contribution in [-0.4, -0.2) is 70.8 Å². The molecule has 3 heterocycles. The molecule has 4 aromatic rings. The molecule has 14 heteroatoms. The van der Waals surface area contributed by atoms with Crippen LogP contribution in [0.1, 0.15) is 62.3 Å². The fourth-order valence-electron chi connectivity index (χ4n) is 7.11. The number of ether oxygens (including phenoxy) is 1. The van der Waals surface area contributed by atoms with E-state index in [1.165, 1.54) is 31.2 Å². The summed E-state index contributed by atoms with van der Waals surface area (Å²) in [5.74, 6) is -4.37. The average Bonchev–Trinajstić information content (AvgIpc) is 3.78. The third-order valence-corrected chi connectivity index (χ3v) is 9.87. The van der Waals surface area contributed by atoms with Crippen LogP contribution in [0.2, 0.25) is 0 Å². The van der Waals surface area contributed by atoms with Gasteiger partial charge in [-0.05, 0) is 43.9 Å². The minimum Gasteiger partial charge on any atom is -0.481 e. The van der Waals surface area contributed by atoms with Gasteiger partial charge in [0.25, 0.3) is 5.69 Å². The fourth-order valence-corrected chi connectivity index (χ4v) is 7.11. The van der Waals surface area contributed by atoms with Gasteiger partial charge in [-0.15, -0.1) is 0 Å². The predicted octanol–water partition coefficient (Wildman–Crippen LogP) is 4.27. The maximum Gasteiger partial charge on any atom is 0.312 e. The van der Waals surface area contributed by atoms with E-state index in [9.17, 15) is 34.7 Å². The maximum absolute atomic E-state index is 13.4. The molecule has 0 aliphatic carbocycles. The number of nitro benzene ring substituents is 1. The molecule has 6 unspecified atom stereocenters. The van der Waals surface area contributed by atoms with Crippen LogP contribution in [0.3, 0.4) is 0 Å². The SMILES string of the molecule is CC1NC(C)C(CCOC(=O)CC(c2ccc(Cn3ccnc3)cc2)n2ccnc2)(C(=O)O)C(c2cccc([N+](=O)[O-])c2)C1(C)C(=O)O. The normalized spacial score (nSPS) is 24.4. The molecule has 2 aromatic heterocycles. The summed E-state index contributed by atoms with van der Waals surface area (Å²) in [6, 6.07) is 11.3. The van der Waals surface area contributed by atoms with Crippen LogP contribution >= 0.6 is 0 Å². The number of hydrogen-bond acceptors (Lipinski definition) is 9. The van der Waals surface area contributed by atoms with Crippen molar-refractivity contribution in [3.8, 4) is 0 Å². The lowest BCUT2D eigenvalue weighted by Gasteiger charge is -2.56. The summed E-state index contributed by atoms with van der Waals surface area (Å²) < 4.78 is 9.41. The molecule has 1 aliphatic rings. The Morgan fingerprint density at radius 1 is 1.02 bits per heavy atom. The molecule has 3 N–H and O–H groups in total. The van der Waals surface area contributed by atoms with Crippen LogP contribution in [-0.2, 0) is 25.7 Å². The van der Waals surface area contributed by atoms with Crippen LogP contribution in [0.5, 0.6) is 0 Å². The molecule has 2 aromatic carbocycles. The Kier molecular flexibility index (Phi) is 9.75. The number of carboxylic acids is 2. The molecule has 14 nitrogen and oxygen atoms in total. The number of esters is 1. The van der Waals surface area contributed by atoms with Gasteiger partial charge in [-0.2, -0.15) is 0 Å². The van der Waals surface area contributed by atoms with Crippen LogP contribution in [0.25, 0.3) is 0 Å². The van der Waals surface area contributed by atoms with Gasteiger partial charge in [0.15, 0.2) is 0 Å². The molecule has 0 radical (unpaired) electrons. The Bertz CT molecular complexity index is 1760. The fraction of sp³-hybridized carbons (Fsp3) is 0.382. The first-order chi connectivity index (χ1) is 22.9. The number of rotatable bonds is 13. The lowest BCUT2D eigenvalue weighted by Crippen LogP contribution is -2.69. The Hall–Kier alpha value is -5.37. The van der Waals surface area contributed by atoms with Crippen LogP contribution in [0, 0.1) is 20.9 Å². The van der Waals surface area contributed by atoms with E-state index in [-0.39, 0.29) is 30.7 Å². The molecular weight excluding hydrogens is 620 g/mol. The van der Waals surface area contributed by atoms with E-state index in [4.69, 9.17) is 4.74 Å². The van der Waals surface area contributed by atoms with E-state index in [0.717, 1.165) is 11.1 Å². The summed E-state index contributed by atoms with van der Waals surface area (Å²) >= 11 is 0. The Morgan fingerprint density at radius 2 is 1.73 bits per heavy atom. The molecule has 1 fully saturated rings. The Morgan fingerprint density at radius 3 is 2.33 bits per heavy atom. The van der Waals surface area contributed by atoms with Crippen molar-refractivity contribution in [3.05, 3.63) is 113 Å². The summed E-state index contributed by atoms with van der Waals surface area (Å²) in [5.41, 5.74) is -1.71. The second-order valence-electron chi connectivity index (χ2n) is 12.5. The van der Waals surface area contributed by atoms with Crippen molar-refractivity contribution in [3.63, 3.8) is 0 Å². The van der Waals surface area contributed by atoms with E-state index in [0.29, 0.717) is 6.54 Å². The number of nitro groups is 1. The molecule has 0 bridgehead atoms. The van der Waals surface area contributed by atoms with Crippen molar-refractivity contribution in [1.29, 1.82) is 0 Å². The first kappa shape index (κ1) is 34.0. The summed E-state index contributed by atoms with van der Waals surface area (Å²) in [4.78, 5) is 58.8. The largest absolute Gasteiger partial charge is 0.481 e. The number of carbonyl (C=O) groups is 3. The highest BCUT2D eigenvalue weighted by molar-refractivity contribution is 5.84. The van der Waals surface area contributed by atoms with Gasteiger partial charge in [-0.1, -0.05) is 36.4 Å². The molecule has 0 amide bonds. The zero-order valence-electron chi connectivity index (χ0n) is 26.8. The first-order valence-corrected chi connectivity index (χ1v) is 15.5. The van der Waals surface area contributed by atoms with Gasteiger partial charge in [0.05, 0.1) is 47.5 Å². The van der Waals surface area contributed by atoms with Crippen molar-refractivity contribution in [2.75, 3.05) is 6.61 Å². The Labute approximate surface area is 276 Å². The average molecular weight is 659 g/mol. The van der Waals surface area contributed by atoms with Crippen LogP contribution in [0.4, 0.5) is 5.69 Å².